The quantitative estimate of drug-likeness (QED) is 0.386. The summed E-state index contributed by atoms with van der Waals surface area (Å²) in [6.07, 6.45) is 3.19. The van der Waals surface area contributed by atoms with E-state index in [0.29, 0.717) is 10.6 Å². The smallest absolute Gasteiger partial charge is 0.267 e. The summed E-state index contributed by atoms with van der Waals surface area (Å²) in [4.78, 5) is 19.3. The van der Waals surface area contributed by atoms with E-state index < -0.39 is 0 Å². The topological polar surface area (TPSA) is 72.9 Å². The summed E-state index contributed by atoms with van der Waals surface area (Å²) in [5, 5.41) is 6.28. The molecule has 0 bridgehead atoms. The van der Waals surface area contributed by atoms with Crippen molar-refractivity contribution in [2.24, 2.45) is 0 Å². The van der Waals surface area contributed by atoms with Gasteiger partial charge < -0.3 is 15.6 Å². The Morgan fingerprint density at radius 2 is 1.94 bits per heavy atom. The molecule has 6 heteroatoms. The Morgan fingerprint density at radius 1 is 1.10 bits per heavy atom. The maximum atomic E-state index is 13.1. The number of thiophene rings is 1. The van der Waals surface area contributed by atoms with Gasteiger partial charge in [-0.05, 0) is 62.1 Å². The molecule has 0 aliphatic heterocycles. The summed E-state index contributed by atoms with van der Waals surface area (Å²) >= 11 is 1.38. The third kappa shape index (κ3) is 2.75. The van der Waals surface area contributed by atoms with Gasteiger partial charge in [-0.2, -0.15) is 0 Å². The summed E-state index contributed by atoms with van der Waals surface area (Å²) in [5.74, 6) is -0.181. The number of aromatic nitrogens is 2. The van der Waals surface area contributed by atoms with Crippen molar-refractivity contribution in [3.8, 4) is 0 Å². The molecule has 2 aromatic carbocycles. The Kier molecular flexibility index (Phi) is 4.05. The van der Waals surface area contributed by atoms with Crippen LogP contribution in [0.3, 0.4) is 0 Å². The molecule has 0 radical (unpaired) electrons. The standard InChI is InChI=1S/C25H22N4OS/c1-2-29-20-9-4-3-7-16(20)17-13-15(10-11-21(17)29)27-24(30)23-22(26)18-12-14-6-5-8-19(14)28-25(18)31-23/h3-4,7,9-13H,2,5-6,8,26H2,1H3,(H,27,30). The van der Waals surface area contributed by atoms with Crippen molar-refractivity contribution >= 4 is 60.6 Å². The second kappa shape index (κ2) is 6.82. The first-order chi connectivity index (χ1) is 15.1. The van der Waals surface area contributed by atoms with Gasteiger partial charge in [-0.3, -0.25) is 4.79 Å². The molecular weight excluding hydrogens is 404 g/mol. The number of para-hydroxylation sites is 1. The minimum Gasteiger partial charge on any atom is -0.397 e. The minimum atomic E-state index is -0.181. The largest absolute Gasteiger partial charge is 0.397 e. The Bertz CT molecular complexity index is 1510. The van der Waals surface area contributed by atoms with Gasteiger partial charge in [0.25, 0.3) is 5.91 Å². The first-order valence-electron chi connectivity index (χ1n) is 10.7. The number of nitrogens with zero attached hydrogens (tertiary/aromatic N) is 2. The molecule has 0 saturated heterocycles. The third-order valence-corrected chi connectivity index (χ3v) is 7.42. The first-order valence-corrected chi connectivity index (χ1v) is 11.5. The summed E-state index contributed by atoms with van der Waals surface area (Å²) in [5.41, 5.74) is 12.5. The molecule has 3 heterocycles. The van der Waals surface area contributed by atoms with Gasteiger partial charge in [0.15, 0.2) is 0 Å². The van der Waals surface area contributed by atoms with Gasteiger partial charge >= 0.3 is 0 Å². The van der Waals surface area contributed by atoms with Crippen molar-refractivity contribution in [1.29, 1.82) is 0 Å². The molecule has 5 aromatic rings. The van der Waals surface area contributed by atoms with Crippen molar-refractivity contribution in [2.75, 3.05) is 11.1 Å². The zero-order valence-electron chi connectivity index (χ0n) is 17.2. The molecule has 31 heavy (non-hydrogen) atoms. The molecule has 0 saturated carbocycles. The number of nitrogens with one attached hydrogen (secondary N) is 1. The zero-order valence-corrected chi connectivity index (χ0v) is 18.1. The average molecular weight is 427 g/mol. The van der Waals surface area contributed by atoms with Gasteiger partial charge in [0.1, 0.15) is 9.71 Å². The summed E-state index contributed by atoms with van der Waals surface area (Å²) in [6.45, 7) is 3.04. The van der Waals surface area contributed by atoms with Crippen molar-refractivity contribution in [3.05, 3.63) is 64.7 Å². The normalized spacial score (nSPS) is 13.3. The van der Waals surface area contributed by atoms with E-state index in [9.17, 15) is 4.79 Å². The van der Waals surface area contributed by atoms with E-state index >= 15 is 0 Å². The molecule has 0 spiro atoms. The van der Waals surface area contributed by atoms with Crippen LogP contribution in [0.15, 0.2) is 48.5 Å². The first kappa shape index (κ1) is 18.4. The van der Waals surface area contributed by atoms with E-state index in [-0.39, 0.29) is 5.91 Å². The van der Waals surface area contributed by atoms with Crippen LogP contribution in [-0.4, -0.2) is 15.5 Å². The molecule has 1 aliphatic rings. The fourth-order valence-electron chi connectivity index (χ4n) is 4.83. The van der Waals surface area contributed by atoms with Crippen LogP contribution in [0.4, 0.5) is 11.4 Å². The van der Waals surface area contributed by atoms with E-state index in [2.05, 4.69) is 59.3 Å². The van der Waals surface area contributed by atoms with E-state index in [0.717, 1.165) is 52.8 Å². The molecule has 6 rings (SSSR count). The third-order valence-electron chi connectivity index (χ3n) is 6.30. The molecule has 1 aliphatic carbocycles. The van der Waals surface area contributed by atoms with Gasteiger partial charge in [-0.25, -0.2) is 4.98 Å². The summed E-state index contributed by atoms with van der Waals surface area (Å²) in [6, 6.07) is 16.6. The van der Waals surface area contributed by atoms with E-state index in [1.165, 1.54) is 33.3 Å². The van der Waals surface area contributed by atoms with Gasteiger partial charge in [0.2, 0.25) is 0 Å². The number of nitrogens with two attached hydrogens (primary N) is 1. The average Bonchev–Trinajstić information content (AvgIpc) is 3.46. The monoisotopic (exact) mass is 426 g/mol. The highest BCUT2D eigenvalue weighted by Crippen LogP contribution is 2.37. The number of nitrogen functional groups attached to an aromatic ring is 1. The number of carbonyl (C=O) groups excluding carboxylic acids is 1. The molecular formula is C25H22N4OS. The predicted molar refractivity (Wildman–Crippen MR) is 129 cm³/mol. The van der Waals surface area contributed by atoms with E-state index in [1.54, 1.807) is 0 Å². The maximum Gasteiger partial charge on any atom is 0.267 e. The number of benzene rings is 2. The molecule has 3 N–H and O–H groups in total. The highest BCUT2D eigenvalue weighted by Gasteiger charge is 2.21. The van der Waals surface area contributed by atoms with Crippen LogP contribution in [-0.2, 0) is 19.4 Å². The number of rotatable bonds is 3. The molecule has 3 aromatic heterocycles. The van der Waals surface area contributed by atoms with Crippen LogP contribution >= 0.6 is 11.3 Å². The number of hydrogen-bond acceptors (Lipinski definition) is 4. The highest BCUT2D eigenvalue weighted by molar-refractivity contribution is 7.21. The fourth-order valence-corrected chi connectivity index (χ4v) is 5.82. The lowest BCUT2D eigenvalue weighted by Gasteiger charge is -2.06. The van der Waals surface area contributed by atoms with Gasteiger partial charge in [0.05, 0.1) is 5.69 Å². The lowest BCUT2D eigenvalue weighted by molar-refractivity contribution is 0.103. The SMILES string of the molecule is CCn1c2ccccc2c2cc(NC(=O)c3sc4nc5c(cc4c3N)CCC5)ccc21. The van der Waals surface area contributed by atoms with E-state index in [4.69, 9.17) is 10.7 Å². The van der Waals surface area contributed by atoms with Crippen LogP contribution < -0.4 is 11.1 Å². The van der Waals surface area contributed by atoms with Crippen LogP contribution in [0.25, 0.3) is 32.0 Å². The lowest BCUT2D eigenvalue weighted by Crippen LogP contribution is -2.11. The number of fused-ring (bicyclic) bond motifs is 5. The molecule has 154 valence electrons. The lowest BCUT2D eigenvalue weighted by atomic mass is 10.1. The highest BCUT2D eigenvalue weighted by atomic mass is 32.1. The van der Waals surface area contributed by atoms with E-state index in [1.807, 2.05) is 6.07 Å². The van der Waals surface area contributed by atoms with Gasteiger partial charge in [0, 0.05) is 45.1 Å². The number of pyridine rings is 1. The molecule has 0 atom stereocenters. The Morgan fingerprint density at radius 3 is 2.81 bits per heavy atom. The van der Waals surface area contributed by atoms with Crippen molar-refractivity contribution in [1.82, 2.24) is 9.55 Å². The van der Waals surface area contributed by atoms with Crippen LogP contribution in [0.2, 0.25) is 0 Å². The van der Waals surface area contributed by atoms with Crippen LogP contribution in [0.5, 0.6) is 0 Å². The van der Waals surface area contributed by atoms with Crippen LogP contribution in [0, 0.1) is 0 Å². The minimum absolute atomic E-state index is 0.181. The summed E-state index contributed by atoms with van der Waals surface area (Å²) < 4.78 is 2.30. The fraction of sp³-hybridized carbons (Fsp3) is 0.200. The Hall–Kier alpha value is -3.38. The summed E-state index contributed by atoms with van der Waals surface area (Å²) in [7, 11) is 0. The number of amides is 1. The number of aryl methyl sites for hydroxylation is 3. The number of hydrogen-bond donors (Lipinski definition) is 2. The predicted octanol–water partition coefficient (Wildman–Crippen LogP) is 5.75. The maximum absolute atomic E-state index is 13.1. The Labute approximate surface area is 183 Å². The van der Waals surface area contributed by atoms with Crippen molar-refractivity contribution in [3.63, 3.8) is 0 Å². The second-order valence-corrected chi connectivity index (χ2v) is 9.09. The number of anilines is 2. The second-order valence-electron chi connectivity index (χ2n) is 8.09. The van der Waals surface area contributed by atoms with Gasteiger partial charge in [-0.1, -0.05) is 18.2 Å². The molecule has 1 amide bonds. The zero-order chi connectivity index (χ0) is 21.1. The molecule has 0 unspecified atom stereocenters. The molecule has 0 fully saturated rings. The number of carbonyl (C=O) groups is 1. The molecule has 5 nitrogen and oxygen atoms in total. The van der Waals surface area contributed by atoms with Crippen LogP contribution in [0.1, 0.15) is 34.3 Å². The van der Waals surface area contributed by atoms with Crippen molar-refractivity contribution < 1.29 is 4.79 Å². The van der Waals surface area contributed by atoms with Crippen molar-refractivity contribution in [2.45, 2.75) is 32.7 Å². The van der Waals surface area contributed by atoms with Gasteiger partial charge in [-0.15, -0.1) is 11.3 Å². The Balaban J connectivity index is 1.39.